The summed E-state index contributed by atoms with van der Waals surface area (Å²) in [7, 11) is -0.773. The molecule has 27 heavy (non-hydrogen) atoms. The molecular weight excluding hydrogens is 378 g/mol. The minimum atomic E-state index is -0.809. The van der Waals surface area contributed by atoms with Gasteiger partial charge in [-0.3, -0.25) is 0 Å². The van der Waals surface area contributed by atoms with Crippen molar-refractivity contribution >= 4 is 17.4 Å². The number of hydrogen-bond donors (Lipinski definition) is 0. The van der Waals surface area contributed by atoms with Gasteiger partial charge in [-0.25, -0.2) is 0 Å². The maximum atomic E-state index is 5.86. The van der Waals surface area contributed by atoms with Crippen LogP contribution >= 0.6 is 17.4 Å². The average Bonchev–Trinajstić information content (AvgIpc) is 3.06. The van der Waals surface area contributed by atoms with E-state index in [1.54, 1.807) is 0 Å². The van der Waals surface area contributed by atoms with E-state index in [4.69, 9.17) is 18.1 Å². The number of unbranched alkanes of at least 4 members (excludes halogenated alkanes) is 2. The second-order valence-electron chi connectivity index (χ2n) is 7.53. The molecule has 0 aliphatic carbocycles. The largest absolute Gasteiger partial charge is 0.449 e. The van der Waals surface area contributed by atoms with Crippen LogP contribution in [-0.2, 0) is 9.94 Å². The second-order valence-corrected chi connectivity index (χ2v) is 9.66. The van der Waals surface area contributed by atoms with E-state index in [1.807, 2.05) is 36.4 Å². The minimum absolute atomic E-state index is 0.0352. The summed E-state index contributed by atoms with van der Waals surface area (Å²) in [5.74, 6) is 2.67. The van der Waals surface area contributed by atoms with Crippen LogP contribution in [0.4, 0.5) is 0 Å². The first kappa shape index (κ1) is 20.4. The topological polar surface area (TPSA) is 36.9 Å². The molecule has 0 spiro atoms. The SMILES string of the molecule is CC(C)(C)c1ccccc1OPOCCCCCP1Oc2ccccc2O1. The Hall–Kier alpha value is -1.34. The van der Waals surface area contributed by atoms with Gasteiger partial charge in [0.25, 0.3) is 8.38 Å². The molecular formula is C21H28O4P2. The van der Waals surface area contributed by atoms with Crippen molar-refractivity contribution in [3.8, 4) is 17.2 Å². The summed E-state index contributed by atoms with van der Waals surface area (Å²) < 4.78 is 23.2. The van der Waals surface area contributed by atoms with Crippen molar-refractivity contribution in [2.75, 3.05) is 12.8 Å². The molecule has 4 nitrogen and oxygen atoms in total. The molecule has 146 valence electrons. The van der Waals surface area contributed by atoms with Crippen LogP contribution in [-0.4, -0.2) is 12.8 Å². The van der Waals surface area contributed by atoms with E-state index in [0.717, 1.165) is 49.3 Å². The van der Waals surface area contributed by atoms with E-state index in [2.05, 4.69) is 32.9 Å². The second kappa shape index (κ2) is 9.73. The van der Waals surface area contributed by atoms with Crippen molar-refractivity contribution < 1.29 is 18.1 Å². The van der Waals surface area contributed by atoms with Gasteiger partial charge < -0.3 is 18.1 Å². The number of hydrogen-bond acceptors (Lipinski definition) is 4. The van der Waals surface area contributed by atoms with Crippen molar-refractivity contribution in [2.45, 2.75) is 45.4 Å². The lowest BCUT2D eigenvalue weighted by Gasteiger charge is -2.22. The maximum absolute atomic E-state index is 5.86. The summed E-state index contributed by atoms with van der Waals surface area (Å²) in [6.45, 7) is 7.29. The van der Waals surface area contributed by atoms with Gasteiger partial charge in [0.05, 0.1) is 6.61 Å². The van der Waals surface area contributed by atoms with Gasteiger partial charge in [0.2, 0.25) is 9.03 Å². The zero-order valence-corrected chi connectivity index (χ0v) is 18.1. The fraction of sp³-hybridized carbons (Fsp3) is 0.429. The maximum Gasteiger partial charge on any atom is 0.290 e. The molecule has 0 fully saturated rings. The lowest BCUT2D eigenvalue weighted by atomic mass is 9.86. The van der Waals surface area contributed by atoms with Crippen LogP contribution in [0.5, 0.6) is 17.2 Å². The number of rotatable bonds is 9. The van der Waals surface area contributed by atoms with Crippen LogP contribution < -0.4 is 13.6 Å². The number of benzene rings is 2. The fourth-order valence-corrected chi connectivity index (χ4v) is 4.81. The molecule has 0 saturated carbocycles. The molecule has 3 rings (SSSR count). The molecule has 0 saturated heterocycles. The van der Waals surface area contributed by atoms with Gasteiger partial charge >= 0.3 is 0 Å². The summed E-state index contributed by atoms with van der Waals surface area (Å²) in [6.07, 6.45) is 4.17. The normalized spacial score (nSPS) is 14.2. The predicted octanol–water partition coefficient (Wildman–Crippen LogP) is 6.84. The molecule has 0 N–H and O–H groups in total. The summed E-state index contributed by atoms with van der Waals surface area (Å²) in [6, 6.07) is 16.1. The van der Waals surface area contributed by atoms with Gasteiger partial charge in [-0.05, 0) is 42.0 Å². The van der Waals surface area contributed by atoms with Gasteiger partial charge in [0.1, 0.15) is 5.75 Å². The lowest BCUT2D eigenvalue weighted by Crippen LogP contribution is -2.12. The highest BCUT2D eigenvalue weighted by molar-refractivity contribution is 7.48. The minimum Gasteiger partial charge on any atom is -0.449 e. The van der Waals surface area contributed by atoms with E-state index in [0.29, 0.717) is 0 Å². The zero-order valence-electron chi connectivity index (χ0n) is 16.2. The Balaban J connectivity index is 1.26. The van der Waals surface area contributed by atoms with E-state index in [9.17, 15) is 0 Å². The van der Waals surface area contributed by atoms with Crippen LogP contribution in [0.1, 0.15) is 45.6 Å². The van der Waals surface area contributed by atoms with Gasteiger partial charge in [-0.15, -0.1) is 0 Å². The van der Waals surface area contributed by atoms with Crippen molar-refractivity contribution in [1.82, 2.24) is 0 Å². The van der Waals surface area contributed by atoms with E-state index in [1.165, 1.54) is 5.56 Å². The fourth-order valence-electron chi connectivity index (χ4n) is 2.81. The summed E-state index contributed by atoms with van der Waals surface area (Å²) in [5.41, 5.74) is 1.27. The van der Waals surface area contributed by atoms with E-state index < -0.39 is 8.38 Å². The molecule has 0 amide bonds. The molecule has 6 heteroatoms. The third-order valence-electron chi connectivity index (χ3n) is 4.24. The first-order valence-corrected chi connectivity index (χ1v) is 11.6. The third-order valence-corrected chi connectivity index (χ3v) is 6.35. The Kier molecular flexibility index (Phi) is 7.35. The summed E-state index contributed by atoms with van der Waals surface area (Å²) >= 11 is 0. The highest BCUT2D eigenvalue weighted by Gasteiger charge is 2.24. The van der Waals surface area contributed by atoms with Crippen LogP contribution in [0, 0.1) is 0 Å². The quantitative estimate of drug-likeness (QED) is 0.337. The monoisotopic (exact) mass is 406 g/mol. The first-order valence-electron chi connectivity index (χ1n) is 9.40. The Morgan fingerprint density at radius 3 is 2.26 bits per heavy atom. The molecule has 0 aromatic heterocycles. The van der Waals surface area contributed by atoms with E-state index >= 15 is 0 Å². The lowest BCUT2D eigenvalue weighted by molar-refractivity contribution is 0.317. The Morgan fingerprint density at radius 2 is 1.56 bits per heavy atom. The smallest absolute Gasteiger partial charge is 0.290 e. The molecule has 2 aromatic rings. The van der Waals surface area contributed by atoms with Crippen molar-refractivity contribution in [2.24, 2.45) is 0 Å². The molecule has 0 radical (unpaired) electrons. The summed E-state index contributed by atoms with van der Waals surface area (Å²) in [4.78, 5) is 0. The van der Waals surface area contributed by atoms with Crippen molar-refractivity contribution in [3.05, 3.63) is 54.1 Å². The molecule has 0 bridgehead atoms. The average molecular weight is 406 g/mol. The predicted molar refractivity (Wildman–Crippen MR) is 113 cm³/mol. The Bertz CT molecular complexity index is 705. The van der Waals surface area contributed by atoms with Crippen LogP contribution in [0.3, 0.4) is 0 Å². The van der Waals surface area contributed by atoms with Gasteiger partial charge in [-0.1, -0.05) is 57.5 Å². The number of fused-ring (bicyclic) bond motifs is 1. The van der Waals surface area contributed by atoms with Crippen LogP contribution in [0.25, 0.3) is 0 Å². The number of para-hydroxylation sites is 3. The third kappa shape index (κ3) is 6.07. The molecule has 1 heterocycles. The van der Waals surface area contributed by atoms with E-state index in [-0.39, 0.29) is 14.4 Å². The molecule has 1 unspecified atom stereocenters. The van der Waals surface area contributed by atoms with Crippen molar-refractivity contribution in [3.63, 3.8) is 0 Å². The standard InChI is InChI=1S/C21H28O4P2/c1-21(2,3)17-11-5-6-12-18(17)23-26-22-15-9-4-10-16-27-24-19-13-7-8-14-20(19)25-27/h5-8,11-14,26H,4,9-10,15-16H2,1-3H3. The Morgan fingerprint density at radius 1 is 0.889 bits per heavy atom. The van der Waals surface area contributed by atoms with Gasteiger partial charge in [-0.2, -0.15) is 0 Å². The highest BCUT2D eigenvalue weighted by atomic mass is 31.2. The summed E-state index contributed by atoms with van der Waals surface area (Å²) in [5, 5.41) is 0. The zero-order chi connectivity index (χ0) is 19.1. The molecule has 1 atom stereocenters. The van der Waals surface area contributed by atoms with Crippen molar-refractivity contribution in [1.29, 1.82) is 0 Å². The Labute approximate surface area is 165 Å². The molecule has 1 aliphatic rings. The van der Waals surface area contributed by atoms with Gasteiger partial charge in [0, 0.05) is 6.16 Å². The highest BCUT2D eigenvalue weighted by Crippen LogP contribution is 2.52. The van der Waals surface area contributed by atoms with Gasteiger partial charge in [0.15, 0.2) is 11.5 Å². The van der Waals surface area contributed by atoms with Crippen LogP contribution in [0.15, 0.2) is 48.5 Å². The first-order chi connectivity index (χ1) is 13.0. The molecule has 2 aromatic carbocycles. The molecule has 1 aliphatic heterocycles. The van der Waals surface area contributed by atoms with Crippen LogP contribution in [0.2, 0.25) is 0 Å².